The smallest absolute Gasteiger partial charge is 0.226 e. The lowest BCUT2D eigenvalue weighted by molar-refractivity contribution is -0.118. The molecule has 1 N–H and O–H groups in total. The number of nitrogens with zero attached hydrogens (tertiary/aromatic N) is 1. The van der Waals surface area contributed by atoms with Crippen LogP contribution in [0.5, 0.6) is 5.75 Å². The number of hydrogen-bond acceptors (Lipinski definition) is 2. The van der Waals surface area contributed by atoms with Crippen LogP contribution in [0, 0.1) is 0 Å². The van der Waals surface area contributed by atoms with Crippen molar-refractivity contribution in [2.75, 3.05) is 11.9 Å². The summed E-state index contributed by atoms with van der Waals surface area (Å²) >= 11 is 0. The predicted molar refractivity (Wildman–Crippen MR) is 65.7 cm³/mol. The van der Waals surface area contributed by atoms with E-state index in [9.17, 15) is 9.90 Å². The van der Waals surface area contributed by atoms with Gasteiger partial charge in [-0.15, -0.1) is 0 Å². The van der Waals surface area contributed by atoms with Crippen LogP contribution >= 0.6 is 0 Å². The van der Waals surface area contributed by atoms with E-state index in [0.717, 1.165) is 24.9 Å². The fourth-order valence-corrected chi connectivity index (χ4v) is 1.54. The number of phenolic OH excluding ortho intramolecular Hbond substituents is 1. The molecule has 0 aliphatic carbocycles. The Morgan fingerprint density at radius 2 is 2.12 bits per heavy atom. The third kappa shape index (κ3) is 3.57. The van der Waals surface area contributed by atoms with Gasteiger partial charge >= 0.3 is 0 Å². The molecule has 0 fully saturated rings. The molecule has 0 spiro atoms. The minimum atomic E-state index is 0.0963. The van der Waals surface area contributed by atoms with E-state index in [4.69, 9.17) is 0 Å². The molecule has 0 unspecified atom stereocenters. The van der Waals surface area contributed by atoms with E-state index >= 15 is 0 Å². The Morgan fingerprint density at radius 3 is 2.75 bits per heavy atom. The molecule has 0 saturated heterocycles. The van der Waals surface area contributed by atoms with Crippen LogP contribution in [0.4, 0.5) is 5.69 Å². The molecule has 16 heavy (non-hydrogen) atoms. The molecule has 0 atom stereocenters. The Kier molecular flexibility index (Phi) is 4.83. The summed E-state index contributed by atoms with van der Waals surface area (Å²) in [6, 6.07) is 6.74. The fraction of sp³-hybridized carbons (Fsp3) is 0.462. The zero-order valence-corrected chi connectivity index (χ0v) is 9.94. The molecular weight excluding hydrogens is 202 g/mol. The Bertz CT molecular complexity index is 350. The van der Waals surface area contributed by atoms with Crippen LogP contribution in [-0.2, 0) is 4.79 Å². The minimum Gasteiger partial charge on any atom is -0.508 e. The number of unbranched alkanes of at least 4 members (excludes halogenated alkanes) is 2. The molecule has 1 rings (SSSR count). The molecule has 0 aromatic heterocycles. The number of phenols is 1. The Balaban J connectivity index is 2.56. The molecule has 3 nitrogen and oxygen atoms in total. The van der Waals surface area contributed by atoms with Gasteiger partial charge in [0.25, 0.3) is 0 Å². The van der Waals surface area contributed by atoms with Crippen LogP contribution < -0.4 is 4.90 Å². The maximum atomic E-state index is 11.8. The van der Waals surface area contributed by atoms with Gasteiger partial charge in [-0.1, -0.05) is 25.8 Å². The normalized spacial score (nSPS) is 10.1. The second-order valence-corrected chi connectivity index (χ2v) is 3.93. The van der Waals surface area contributed by atoms with E-state index in [1.165, 1.54) is 0 Å². The van der Waals surface area contributed by atoms with Gasteiger partial charge in [-0.05, 0) is 18.6 Å². The first kappa shape index (κ1) is 12.6. The third-order valence-electron chi connectivity index (χ3n) is 2.59. The highest BCUT2D eigenvalue weighted by Crippen LogP contribution is 2.19. The average Bonchev–Trinajstić information content (AvgIpc) is 2.28. The predicted octanol–water partition coefficient (Wildman–Crippen LogP) is 2.94. The average molecular weight is 221 g/mol. The van der Waals surface area contributed by atoms with Gasteiger partial charge in [0.05, 0.1) is 0 Å². The summed E-state index contributed by atoms with van der Waals surface area (Å²) in [5.74, 6) is 0.282. The lowest BCUT2D eigenvalue weighted by Crippen LogP contribution is -2.25. The number of aromatic hydroxyl groups is 1. The first-order chi connectivity index (χ1) is 7.65. The van der Waals surface area contributed by atoms with Gasteiger partial charge in [0.15, 0.2) is 0 Å². The Morgan fingerprint density at radius 1 is 1.38 bits per heavy atom. The van der Waals surface area contributed by atoms with Crippen molar-refractivity contribution in [3.8, 4) is 5.75 Å². The van der Waals surface area contributed by atoms with Crippen LogP contribution in [0.25, 0.3) is 0 Å². The first-order valence-electron chi connectivity index (χ1n) is 5.70. The number of anilines is 1. The second-order valence-electron chi connectivity index (χ2n) is 3.93. The van der Waals surface area contributed by atoms with Crippen molar-refractivity contribution in [3.05, 3.63) is 24.3 Å². The van der Waals surface area contributed by atoms with Gasteiger partial charge in [-0.3, -0.25) is 4.79 Å². The summed E-state index contributed by atoms with van der Waals surface area (Å²) in [7, 11) is 1.74. The van der Waals surface area contributed by atoms with Gasteiger partial charge in [-0.25, -0.2) is 0 Å². The van der Waals surface area contributed by atoms with Crippen LogP contribution in [0.3, 0.4) is 0 Å². The topological polar surface area (TPSA) is 40.5 Å². The highest BCUT2D eigenvalue weighted by atomic mass is 16.3. The molecule has 0 heterocycles. The summed E-state index contributed by atoms with van der Waals surface area (Å²) in [6.07, 6.45) is 3.70. The molecule has 0 radical (unpaired) electrons. The summed E-state index contributed by atoms with van der Waals surface area (Å²) in [6.45, 7) is 2.11. The number of benzene rings is 1. The fourth-order valence-electron chi connectivity index (χ4n) is 1.54. The SMILES string of the molecule is CCCCCC(=O)N(C)c1cccc(O)c1. The molecule has 3 heteroatoms. The molecule has 1 aromatic rings. The molecule has 0 aliphatic heterocycles. The lowest BCUT2D eigenvalue weighted by atomic mass is 10.2. The van der Waals surface area contributed by atoms with Gasteiger partial charge in [0.2, 0.25) is 5.91 Å². The largest absolute Gasteiger partial charge is 0.508 e. The van der Waals surface area contributed by atoms with Crippen LogP contribution in [0.2, 0.25) is 0 Å². The van der Waals surface area contributed by atoms with Crippen molar-refractivity contribution in [1.82, 2.24) is 0 Å². The molecule has 1 aromatic carbocycles. The number of rotatable bonds is 5. The zero-order chi connectivity index (χ0) is 12.0. The molecule has 0 bridgehead atoms. The molecule has 1 amide bonds. The van der Waals surface area contributed by atoms with E-state index < -0.39 is 0 Å². The van der Waals surface area contributed by atoms with E-state index in [0.29, 0.717) is 6.42 Å². The highest BCUT2D eigenvalue weighted by Gasteiger charge is 2.10. The van der Waals surface area contributed by atoms with E-state index in [-0.39, 0.29) is 11.7 Å². The summed E-state index contributed by atoms with van der Waals surface area (Å²) < 4.78 is 0. The maximum Gasteiger partial charge on any atom is 0.226 e. The van der Waals surface area contributed by atoms with E-state index in [2.05, 4.69) is 6.92 Å². The number of carbonyl (C=O) groups excluding carboxylic acids is 1. The monoisotopic (exact) mass is 221 g/mol. The van der Waals surface area contributed by atoms with Gasteiger partial charge in [-0.2, -0.15) is 0 Å². The van der Waals surface area contributed by atoms with Crippen molar-refractivity contribution in [2.24, 2.45) is 0 Å². The zero-order valence-electron chi connectivity index (χ0n) is 9.94. The lowest BCUT2D eigenvalue weighted by Gasteiger charge is -2.17. The van der Waals surface area contributed by atoms with Crippen molar-refractivity contribution in [2.45, 2.75) is 32.6 Å². The maximum absolute atomic E-state index is 11.8. The molecule has 0 aliphatic rings. The quantitative estimate of drug-likeness (QED) is 0.776. The number of hydrogen-bond donors (Lipinski definition) is 1. The van der Waals surface area contributed by atoms with Crippen molar-refractivity contribution in [1.29, 1.82) is 0 Å². The minimum absolute atomic E-state index is 0.0963. The molecular formula is C13H19NO2. The van der Waals surface area contributed by atoms with Crippen LogP contribution in [0.1, 0.15) is 32.6 Å². The van der Waals surface area contributed by atoms with Crippen LogP contribution in [-0.4, -0.2) is 18.1 Å². The number of carbonyl (C=O) groups is 1. The number of amides is 1. The Hall–Kier alpha value is -1.51. The summed E-state index contributed by atoms with van der Waals surface area (Å²) in [5, 5.41) is 9.32. The van der Waals surface area contributed by atoms with Gasteiger partial charge in [0.1, 0.15) is 5.75 Å². The van der Waals surface area contributed by atoms with E-state index in [1.54, 1.807) is 30.1 Å². The molecule has 0 saturated carbocycles. The van der Waals surface area contributed by atoms with Crippen molar-refractivity contribution < 1.29 is 9.90 Å². The highest BCUT2D eigenvalue weighted by molar-refractivity contribution is 5.92. The summed E-state index contributed by atoms with van der Waals surface area (Å²) in [5.41, 5.74) is 0.737. The van der Waals surface area contributed by atoms with Crippen LogP contribution in [0.15, 0.2) is 24.3 Å². The van der Waals surface area contributed by atoms with E-state index in [1.807, 2.05) is 6.07 Å². The first-order valence-corrected chi connectivity index (χ1v) is 5.70. The van der Waals surface area contributed by atoms with Gasteiger partial charge < -0.3 is 10.0 Å². The standard InChI is InChI=1S/C13H19NO2/c1-3-4-5-9-13(16)14(2)11-7-6-8-12(15)10-11/h6-8,10,15H,3-5,9H2,1-2H3. The summed E-state index contributed by atoms with van der Waals surface area (Å²) in [4.78, 5) is 13.4. The Labute approximate surface area is 96.7 Å². The molecule has 88 valence electrons. The van der Waals surface area contributed by atoms with Crippen molar-refractivity contribution >= 4 is 11.6 Å². The van der Waals surface area contributed by atoms with Gasteiger partial charge in [0, 0.05) is 25.2 Å². The van der Waals surface area contributed by atoms with Crippen molar-refractivity contribution in [3.63, 3.8) is 0 Å². The second kappa shape index (κ2) is 6.16. The third-order valence-corrected chi connectivity index (χ3v) is 2.59.